The summed E-state index contributed by atoms with van der Waals surface area (Å²) in [7, 11) is 0. The van der Waals surface area contributed by atoms with Gasteiger partial charge in [0.2, 0.25) is 0 Å². The van der Waals surface area contributed by atoms with Gasteiger partial charge >= 0.3 is 5.97 Å². The molecular weight excluding hydrogens is 519 g/mol. The Morgan fingerprint density at radius 3 is 2.26 bits per heavy atom. The molecule has 0 amide bonds. The lowest BCUT2D eigenvalue weighted by Crippen LogP contribution is -2.10. The van der Waals surface area contributed by atoms with Gasteiger partial charge in [0, 0.05) is 19.9 Å². The van der Waals surface area contributed by atoms with E-state index in [0.717, 1.165) is 41.8 Å². The van der Waals surface area contributed by atoms with Crippen LogP contribution in [0.3, 0.4) is 0 Å². The number of carbonyl (C=O) groups is 1. The Morgan fingerprint density at radius 1 is 0.968 bits per heavy atom. The first-order valence-corrected chi connectivity index (χ1v) is 11.7. The smallest absolute Gasteiger partial charge is 0.341 e. The molecule has 1 heterocycles. The predicted molar refractivity (Wildman–Crippen MR) is 133 cm³/mol. The van der Waals surface area contributed by atoms with Crippen molar-refractivity contribution in [3.63, 3.8) is 0 Å². The predicted octanol–water partition coefficient (Wildman–Crippen LogP) is 8.41. The van der Waals surface area contributed by atoms with Crippen LogP contribution >= 0.6 is 50.5 Å². The lowest BCUT2D eigenvalue weighted by atomic mass is 9.93. The minimum Gasteiger partial charge on any atom is -0.479 e. The molecule has 0 bridgehead atoms. The molecule has 3 nitrogen and oxygen atoms in total. The van der Waals surface area contributed by atoms with Gasteiger partial charge in [-0.25, -0.2) is 4.79 Å². The largest absolute Gasteiger partial charge is 0.479 e. The van der Waals surface area contributed by atoms with E-state index in [9.17, 15) is 4.79 Å². The molecule has 0 aliphatic rings. The molecule has 0 fully saturated rings. The molecule has 4 aromatic carbocycles. The second-order valence-electron chi connectivity index (χ2n) is 6.99. The van der Waals surface area contributed by atoms with Crippen LogP contribution in [0.5, 0.6) is 5.75 Å². The van der Waals surface area contributed by atoms with E-state index < -0.39 is 12.6 Å². The van der Waals surface area contributed by atoms with Crippen LogP contribution < -0.4 is 4.74 Å². The second-order valence-corrected chi connectivity index (χ2v) is 9.65. The van der Waals surface area contributed by atoms with Crippen LogP contribution in [-0.4, -0.2) is 17.7 Å². The fraction of sp³-hybridized carbons (Fsp3) is 0.0417. The highest BCUT2D eigenvalue weighted by Gasteiger charge is 2.20. The van der Waals surface area contributed by atoms with Crippen LogP contribution in [0.25, 0.3) is 42.1 Å². The number of fused-ring (bicyclic) bond motifs is 4. The third-order valence-corrected chi connectivity index (χ3v) is 7.94. The maximum atomic E-state index is 10.9. The Kier molecular flexibility index (Phi) is 5.30. The molecule has 0 atom stereocenters. The van der Waals surface area contributed by atoms with E-state index in [2.05, 4.69) is 40.2 Å². The van der Waals surface area contributed by atoms with Crippen molar-refractivity contribution in [1.82, 2.24) is 0 Å². The van der Waals surface area contributed by atoms with Gasteiger partial charge in [0.15, 0.2) is 12.4 Å². The van der Waals surface area contributed by atoms with E-state index in [0.29, 0.717) is 0 Å². The van der Waals surface area contributed by atoms with E-state index in [1.807, 2.05) is 24.3 Å². The van der Waals surface area contributed by atoms with Crippen molar-refractivity contribution < 1.29 is 14.6 Å². The fourth-order valence-electron chi connectivity index (χ4n) is 3.87. The van der Waals surface area contributed by atoms with E-state index in [1.54, 1.807) is 23.5 Å². The zero-order valence-corrected chi connectivity index (χ0v) is 19.7. The summed E-state index contributed by atoms with van der Waals surface area (Å²) in [4.78, 5) is 10.9. The number of carboxylic acids is 1. The number of benzene rings is 4. The molecule has 1 aromatic heterocycles. The average Bonchev–Trinajstić information content (AvgIpc) is 3.13. The van der Waals surface area contributed by atoms with Gasteiger partial charge in [0.1, 0.15) is 0 Å². The number of carboxylic acid groups (broad SMARTS) is 1. The summed E-state index contributed by atoms with van der Waals surface area (Å²) in [5.41, 5.74) is 1.87. The first kappa shape index (κ1) is 20.6. The van der Waals surface area contributed by atoms with Crippen LogP contribution in [-0.2, 0) is 4.79 Å². The van der Waals surface area contributed by atoms with E-state index in [4.69, 9.17) is 33.0 Å². The van der Waals surface area contributed by atoms with Gasteiger partial charge in [0.05, 0.1) is 14.7 Å². The Bertz CT molecular complexity index is 1490. The number of halogens is 3. The minimum atomic E-state index is -1.10. The zero-order chi connectivity index (χ0) is 21.7. The average molecular weight is 532 g/mol. The molecule has 1 N–H and O–H groups in total. The molecule has 7 heteroatoms. The summed E-state index contributed by atoms with van der Waals surface area (Å²) in [6.07, 6.45) is 0. The Balaban J connectivity index is 1.87. The van der Waals surface area contributed by atoms with Crippen LogP contribution in [0.1, 0.15) is 0 Å². The number of thiophene rings is 1. The van der Waals surface area contributed by atoms with Crippen molar-refractivity contribution in [3.8, 4) is 16.9 Å². The minimum absolute atomic E-state index is 0.169. The van der Waals surface area contributed by atoms with Crippen LogP contribution in [0.15, 0.2) is 65.1 Å². The van der Waals surface area contributed by atoms with E-state index >= 15 is 0 Å². The lowest BCUT2D eigenvalue weighted by molar-refractivity contribution is -0.139. The zero-order valence-electron chi connectivity index (χ0n) is 15.8. The maximum absolute atomic E-state index is 10.9. The van der Waals surface area contributed by atoms with Crippen molar-refractivity contribution in [2.45, 2.75) is 0 Å². The topological polar surface area (TPSA) is 46.5 Å². The Morgan fingerprint density at radius 2 is 1.58 bits per heavy atom. The molecule has 0 saturated carbocycles. The molecule has 154 valence electrons. The highest BCUT2D eigenvalue weighted by atomic mass is 79.9. The molecule has 31 heavy (non-hydrogen) atoms. The van der Waals surface area contributed by atoms with Gasteiger partial charge in [-0.1, -0.05) is 65.7 Å². The van der Waals surface area contributed by atoms with Gasteiger partial charge in [-0.05, 0) is 56.0 Å². The van der Waals surface area contributed by atoms with Gasteiger partial charge in [-0.15, -0.1) is 11.3 Å². The highest BCUT2D eigenvalue weighted by molar-refractivity contribution is 9.11. The van der Waals surface area contributed by atoms with Crippen molar-refractivity contribution in [1.29, 1.82) is 0 Å². The molecule has 5 aromatic rings. The van der Waals surface area contributed by atoms with Crippen molar-refractivity contribution in [2.24, 2.45) is 0 Å². The standard InChI is InChI=1S/C24H13BrCl2O3S/c25-22-14-6-2-1-5-13(14)20(21-15-7-3-4-8-18(15)31-24(21)22)12-9-16(26)23(17(27)10-12)30-11-19(28)29/h1-10H,11H2,(H,28,29). The summed E-state index contributed by atoms with van der Waals surface area (Å²) < 4.78 is 8.69. The molecule has 0 aliphatic carbocycles. The first-order valence-electron chi connectivity index (χ1n) is 9.31. The summed E-state index contributed by atoms with van der Waals surface area (Å²) >= 11 is 18.5. The SMILES string of the molecule is O=C(O)COc1c(Cl)cc(-c2c3ccccc3c(Br)c3sc4ccccc4c23)cc1Cl. The van der Waals surface area contributed by atoms with Crippen molar-refractivity contribution in [2.75, 3.05) is 6.61 Å². The first-order chi connectivity index (χ1) is 15.0. The van der Waals surface area contributed by atoms with E-state index in [1.165, 1.54) is 4.70 Å². The Labute approximate surface area is 199 Å². The number of rotatable bonds is 4. The number of hydrogen-bond acceptors (Lipinski definition) is 3. The van der Waals surface area contributed by atoms with Crippen LogP contribution in [0, 0.1) is 0 Å². The van der Waals surface area contributed by atoms with Crippen molar-refractivity contribution in [3.05, 3.63) is 75.2 Å². The lowest BCUT2D eigenvalue weighted by Gasteiger charge is -2.15. The Hall–Kier alpha value is -2.31. The van der Waals surface area contributed by atoms with Crippen molar-refractivity contribution >= 4 is 87.4 Å². The third-order valence-electron chi connectivity index (χ3n) is 5.10. The maximum Gasteiger partial charge on any atom is 0.341 e. The highest BCUT2D eigenvalue weighted by Crippen LogP contribution is 2.49. The molecule has 0 spiro atoms. The molecule has 0 radical (unpaired) electrons. The van der Waals surface area contributed by atoms with Gasteiger partial charge in [-0.2, -0.15) is 0 Å². The monoisotopic (exact) mass is 530 g/mol. The molecule has 5 rings (SSSR count). The van der Waals surface area contributed by atoms with E-state index in [-0.39, 0.29) is 15.8 Å². The van der Waals surface area contributed by atoms with Crippen LogP contribution in [0.2, 0.25) is 10.0 Å². The van der Waals surface area contributed by atoms with Crippen LogP contribution in [0.4, 0.5) is 0 Å². The number of ether oxygens (including phenoxy) is 1. The molecular formula is C24H13BrCl2O3S. The second kappa shape index (κ2) is 7.99. The molecule has 0 aliphatic heterocycles. The summed E-state index contributed by atoms with van der Waals surface area (Å²) in [5, 5.41) is 13.9. The summed E-state index contributed by atoms with van der Waals surface area (Å²) in [6, 6.07) is 20.1. The third kappa shape index (κ3) is 3.46. The summed E-state index contributed by atoms with van der Waals surface area (Å²) in [5.74, 6) is -0.927. The normalized spacial score (nSPS) is 11.5. The number of hydrogen-bond donors (Lipinski definition) is 1. The molecule has 0 unspecified atom stereocenters. The van der Waals surface area contributed by atoms with Gasteiger partial charge < -0.3 is 9.84 Å². The molecule has 0 saturated heterocycles. The van der Waals surface area contributed by atoms with Gasteiger partial charge in [0.25, 0.3) is 0 Å². The quantitative estimate of drug-likeness (QED) is 0.253. The van der Waals surface area contributed by atoms with Gasteiger partial charge in [-0.3, -0.25) is 0 Å². The number of aliphatic carboxylic acids is 1. The summed E-state index contributed by atoms with van der Waals surface area (Å²) in [6.45, 7) is -0.514. The fourth-order valence-corrected chi connectivity index (χ4v) is 6.42.